The molecule has 0 aliphatic carbocycles. The van der Waals surface area contributed by atoms with Crippen LogP contribution in [0.5, 0.6) is 11.5 Å². The number of fused-ring (bicyclic) bond motifs is 1. The summed E-state index contributed by atoms with van der Waals surface area (Å²) in [6.07, 6.45) is 0. The molecule has 0 unspecified atom stereocenters. The molecule has 0 atom stereocenters. The molecule has 0 saturated heterocycles. The van der Waals surface area contributed by atoms with Crippen molar-refractivity contribution >= 4 is 22.5 Å². The van der Waals surface area contributed by atoms with Gasteiger partial charge in [-0.3, -0.25) is 14.2 Å². The van der Waals surface area contributed by atoms with Gasteiger partial charge in [0.15, 0.2) is 11.5 Å². The van der Waals surface area contributed by atoms with Crippen molar-refractivity contribution in [2.45, 2.75) is 20.4 Å². The van der Waals surface area contributed by atoms with E-state index in [1.54, 1.807) is 50.6 Å². The molecule has 4 aromatic rings. The van der Waals surface area contributed by atoms with Gasteiger partial charge in [0.05, 0.1) is 25.1 Å². The molecule has 1 N–H and O–H groups in total. The SMILES string of the molecule is COc1ccc(-c2nc3ccccc3c(=O)n2CC(=O)Nc2ccc(C)cc2C)cc1OC. The number of anilines is 1. The Balaban J connectivity index is 1.80. The van der Waals surface area contributed by atoms with Crippen LogP contribution in [0.2, 0.25) is 0 Å². The molecule has 0 aliphatic heterocycles. The summed E-state index contributed by atoms with van der Waals surface area (Å²) >= 11 is 0. The Bertz CT molecular complexity index is 1410. The van der Waals surface area contributed by atoms with Crippen LogP contribution >= 0.6 is 0 Å². The number of carbonyl (C=O) groups excluding carboxylic acids is 1. The van der Waals surface area contributed by atoms with E-state index in [1.165, 1.54) is 4.57 Å². The maximum atomic E-state index is 13.4. The third-order valence-electron chi connectivity index (χ3n) is 5.46. The summed E-state index contributed by atoms with van der Waals surface area (Å²) in [5, 5.41) is 3.35. The fourth-order valence-corrected chi connectivity index (χ4v) is 3.80. The number of aromatic nitrogens is 2. The van der Waals surface area contributed by atoms with Crippen molar-refractivity contribution in [1.82, 2.24) is 9.55 Å². The predicted octanol–water partition coefficient (Wildman–Crippen LogP) is 4.34. The van der Waals surface area contributed by atoms with Crippen LogP contribution in [0.4, 0.5) is 5.69 Å². The highest BCUT2D eigenvalue weighted by molar-refractivity contribution is 5.92. The molecule has 1 heterocycles. The highest BCUT2D eigenvalue weighted by Gasteiger charge is 2.17. The molecular formula is C26H25N3O4. The van der Waals surface area contributed by atoms with Gasteiger partial charge >= 0.3 is 0 Å². The molecule has 0 radical (unpaired) electrons. The van der Waals surface area contributed by atoms with Gasteiger partial charge in [0.2, 0.25) is 5.91 Å². The first-order valence-electron chi connectivity index (χ1n) is 10.5. The van der Waals surface area contributed by atoms with Gasteiger partial charge < -0.3 is 14.8 Å². The monoisotopic (exact) mass is 443 g/mol. The predicted molar refractivity (Wildman–Crippen MR) is 129 cm³/mol. The number of para-hydroxylation sites is 1. The third-order valence-corrected chi connectivity index (χ3v) is 5.46. The van der Waals surface area contributed by atoms with E-state index < -0.39 is 0 Å². The molecule has 7 nitrogen and oxygen atoms in total. The summed E-state index contributed by atoms with van der Waals surface area (Å²) in [6.45, 7) is 3.74. The van der Waals surface area contributed by atoms with Crippen molar-refractivity contribution in [2.75, 3.05) is 19.5 Å². The Morgan fingerprint density at radius 3 is 2.45 bits per heavy atom. The fourth-order valence-electron chi connectivity index (χ4n) is 3.80. The Morgan fingerprint density at radius 1 is 0.970 bits per heavy atom. The van der Waals surface area contributed by atoms with Crippen molar-refractivity contribution in [3.63, 3.8) is 0 Å². The Hall–Kier alpha value is -4.13. The zero-order chi connectivity index (χ0) is 23.5. The first-order valence-corrected chi connectivity index (χ1v) is 10.5. The average Bonchev–Trinajstić information content (AvgIpc) is 2.82. The van der Waals surface area contributed by atoms with Gasteiger partial charge in [-0.25, -0.2) is 4.98 Å². The summed E-state index contributed by atoms with van der Waals surface area (Å²) < 4.78 is 12.1. The quantitative estimate of drug-likeness (QED) is 0.479. The van der Waals surface area contributed by atoms with Gasteiger partial charge in [0, 0.05) is 11.3 Å². The summed E-state index contributed by atoms with van der Waals surface area (Å²) in [6, 6.07) is 18.2. The van der Waals surface area contributed by atoms with Gasteiger partial charge in [-0.2, -0.15) is 0 Å². The number of amides is 1. The van der Waals surface area contributed by atoms with Crippen LogP contribution in [0.1, 0.15) is 11.1 Å². The molecule has 7 heteroatoms. The number of hydrogen-bond acceptors (Lipinski definition) is 5. The molecule has 1 amide bonds. The number of rotatable bonds is 6. The smallest absolute Gasteiger partial charge is 0.262 e. The van der Waals surface area contributed by atoms with Crippen LogP contribution in [0.3, 0.4) is 0 Å². The second-order valence-electron chi connectivity index (χ2n) is 7.78. The molecular weight excluding hydrogens is 418 g/mol. The van der Waals surface area contributed by atoms with Crippen LogP contribution in [0, 0.1) is 13.8 Å². The van der Waals surface area contributed by atoms with E-state index in [0.29, 0.717) is 39.5 Å². The van der Waals surface area contributed by atoms with Crippen LogP contribution in [-0.4, -0.2) is 29.7 Å². The maximum absolute atomic E-state index is 13.4. The van der Waals surface area contributed by atoms with Gasteiger partial charge in [-0.1, -0.05) is 29.8 Å². The van der Waals surface area contributed by atoms with E-state index in [0.717, 1.165) is 11.1 Å². The number of methoxy groups -OCH3 is 2. The molecule has 0 bridgehead atoms. The first-order chi connectivity index (χ1) is 15.9. The lowest BCUT2D eigenvalue weighted by atomic mass is 10.1. The lowest BCUT2D eigenvalue weighted by Crippen LogP contribution is -2.30. The van der Waals surface area contributed by atoms with Crippen LogP contribution in [0.25, 0.3) is 22.3 Å². The van der Waals surface area contributed by atoms with Crippen LogP contribution in [-0.2, 0) is 11.3 Å². The van der Waals surface area contributed by atoms with Crippen molar-refractivity contribution in [1.29, 1.82) is 0 Å². The fraction of sp³-hybridized carbons (Fsp3) is 0.192. The molecule has 0 aliphatic rings. The van der Waals surface area contributed by atoms with Crippen molar-refractivity contribution in [3.8, 4) is 22.9 Å². The highest BCUT2D eigenvalue weighted by atomic mass is 16.5. The largest absolute Gasteiger partial charge is 0.493 e. The van der Waals surface area contributed by atoms with Crippen LogP contribution < -0.4 is 20.3 Å². The first kappa shape index (κ1) is 22.1. The minimum absolute atomic E-state index is 0.187. The standard InChI is InChI=1S/C26H25N3O4/c1-16-9-11-20(17(2)13-16)27-24(30)15-29-25(18-10-12-22(32-3)23(14-18)33-4)28-21-8-6-5-7-19(21)26(29)31/h5-14H,15H2,1-4H3,(H,27,30). The molecule has 0 fully saturated rings. The molecule has 168 valence electrons. The summed E-state index contributed by atoms with van der Waals surface area (Å²) in [7, 11) is 3.10. The van der Waals surface area contributed by atoms with Crippen LogP contribution in [0.15, 0.2) is 65.5 Å². The van der Waals surface area contributed by atoms with Gasteiger partial charge in [-0.05, 0) is 55.8 Å². The number of hydrogen-bond donors (Lipinski definition) is 1. The van der Waals surface area contributed by atoms with E-state index in [1.807, 2.05) is 38.1 Å². The van der Waals surface area contributed by atoms with Crippen molar-refractivity contribution in [2.24, 2.45) is 0 Å². The average molecular weight is 444 g/mol. The lowest BCUT2D eigenvalue weighted by Gasteiger charge is -2.16. The van der Waals surface area contributed by atoms with Crippen molar-refractivity contribution < 1.29 is 14.3 Å². The van der Waals surface area contributed by atoms with E-state index >= 15 is 0 Å². The van der Waals surface area contributed by atoms with Gasteiger partial charge in [0.1, 0.15) is 12.4 Å². The molecule has 1 aromatic heterocycles. The third kappa shape index (κ3) is 4.43. The Kier molecular flexibility index (Phi) is 6.13. The second-order valence-corrected chi connectivity index (χ2v) is 7.78. The van der Waals surface area contributed by atoms with Crippen molar-refractivity contribution in [3.05, 3.63) is 82.1 Å². The van der Waals surface area contributed by atoms with Gasteiger partial charge in [0.25, 0.3) is 5.56 Å². The van der Waals surface area contributed by atoms with E-state index in [2.05, 4.69) is 5.32 Å². The number of nitrogens with zero attached hydrogens (tertiary/aromatic N) is 2. The summed E-state index contributed by atoms with van der Waals surface area (Å²) in [5.41, 5.74) is 3.66. The number of ether oxygens (including phenoxy) is 2. The molecule has 0 saturated carbocycles. The molecule has 0 spiro atoms. The van der Waals surface area contributed by atoms with E-state index in [-0.39, 0.29) is 18.0 Å². The summed E-state index contributed by atoms with van der Waals surface area (Å²) in [5.74, 6) is 1.12. The number of aryl methyl sites for hydroxylation is 2. The molecule has 33 heavy (non-hydrogen) atoms. The zero-order valence-electron chi connectivity index (χ0n) is 19.0. The maximum Gasteiger partial charge on any atom is 0.262 e. The summed E-state index contributed by atoms with van der Waals surface area (Å²) in [4.78, 5) is 31.1. The van der Waals surface area contributed by atoms with E-state index in [4.69, 9.17) is 14.5 Å². The minimum Gasteiger partial charge on any atom is -0.493 e. The number of nitrogens with one attached hydrogen (secondary N) is 1. The number of benzene rings is 3. The second kappa shape index (κ2) is 9.16. The zero-order valence-corrected chi connectivity index (χ0v) is 19.0. The topological polar surface area (TPSA) is 82.5 Å². The van der Waals surface area contributed by atoms with Gasteiger partial charge in [-0.15, -0.1) is 0 Å². The molecule has 3 aromatic carbocycles. The molecule has 4 rings (SSSR count). The normalized spacial score (nSPS) is 10.8. The number of carbonyl (C=O) groups is 1. The van der Waals surface area contributed by atoms with E-state index in [9.17, 15) is 9.59 Å². The Labute approximate surface area is 191 Å². The lowest BCUT2D eigenvalue weighted by molar-refractivity contribution is -0.116. The highest BCUT2D eigenvalue weighted by Crippen LogP contribution is 2.31. The minimum atomic E-state index is -0.317. The Morgan fingerprint density at radius 2 is 1.73 bits per heavy atom.